The monoisotopic (exact) mass is 679 g/mol. The molecule has 4 aromatic rings. The topological polar surface area (TPSA) is 123 Å². The summed E-state index contributed by atoms with van der Waals surface area (Å²) < 4.78 is 10.8. The van der Waals surface area contributed by atoms with Crippen molar-refractivity contribution in [1.29, 1.82) is 0 Å². The molecule has 0 bridgehead atoms. The van der Waals surface area contributed by atoms with Gasteiger partial charge in [0.1, 0.15) is 11.4 Å². The van der Waals surface area contributed by atoms with Gasteiger partial charge in [-0.1, -0.05) is 56.7 Å². The van der Waals surface area contributed by atoms with Crippen molar-refractivity contribution in [3.63, 3.8) is 0 Å². The molecule has 0 aliphatic rings. The molecule has 4 aromatic carbocycles. The smallest absolute Gasteiger partial charge is 0.338 e. The van der Waals surface area contributed by atoms with Crippen LogP contribution >= 0.6 is 11.8 Å². The first-order valence-corrected chi connectivity index (χ1v) is 17.1. The highest BCUT2D eigenvalue weighted by Crippen LogP contribution is 2.29. The third kappa shape index (κ3) is 11.4. The summed E-state index contributed by atoms with van der Waals surface area (Å²) >= 11 is 1.37. The van der Waals surface area contributed by atoms with Gasteiger partial charge in [0, 0.05) is 21.8 Å². The van der Waals surface area contributed by atoms with E-state index in [0.29, 0.717) is 53.4 Å². The van der Waals surface area contributed by atoms with Gasteiger partial charge in [-0.05, 0) is 98.1 Å². The second-order valence-electron chi connectivity index (χ2n) is 10.9. The standard InChI is InChI=1S/C39H41N3O6S/c1-4-7-24-48-39(46)29-18-20-30(21-19-29)40-38(45)35(5-2)49-33-15-11-14-31(26-33)41-37(44)34(42-36(43)28-12-9-8-10-13-28)25-27-16-22-32(23-17-27)47-6-3/h8-23,25-26,35H,4-7,24H2,1-3H3,(H,40,45)(H,41,44)(H,42,43)/b34-25+. The van der Waals surface area contributed by atoms with Gasteiger partial charge in [-0.25, -0.2) is 4.79 Å². The van der Waals surface area contributed by atoms with E-state index in [2.05, 4.69) is 16.0 Å². The molecule has 49 heavy (non-hydrogen) atoms. The number of carbonyl (C=O) groups is 4. The van der Waals surface area contributed by atoms with Crippen LogP contribution in [-0.2, 0) is 14.3 Å². The van der Waals surface area contributed by atoms with Crippen LogP contribution < -0.4 is 20.7 Å². The maximum Gasteiger partial charge on any atom is 0.338 e. The number of esters is 1. The summed E-state index contributed by atoms with van der Waals surface area (Å²) in [6, 6.07) is 29.6. The van der Waals surface area contributed by atoms with Gasteiger partial charge < -0.3 is 25.4 Å². The van der Waals surface area contributed by atoms with Crippen LogP contribution in [0.15, 0.2) is 114 Å². The van der Waals surface area contributed by atoms with Gasteiger partial charge in [0.2, 0.25) is 5.91 Å². The van der Waals surface area contributed by atoms with Crippen molar-refractivity contribution >= 4 is 52.9 Å². The number of rotatable bonds is 16. The third-order valence-electron chi connectivity index (χ3n) is 7.18. The van der Waals surface area contributed by atoms with Crippen molar-refractivity contribution in [2.45, 2.75) is 50.2 Å². The summed E-state index contributed by atoms with van der Waals surface area (Å²) in [5.74, 6) is -0.814. The zero-order valence-corrected chi connectivity index (χ0v) is 28.7. The van der Waals surface area contributed by atoms with Crippen molar-refractivity contribution < 1.29 is 28.7 Å². The van der Waals surface area contributed by atoms with Gasteiger partial charge in [0.05, 0.1) is 24.0 Å². The summed E-state index contributed by atoms with van der Waals surface area (Å²) in [5.41, 5.74) is 2.66. The molecule has 4 rings (SSSR count). The first kappa shape index (κ1) is 36.5. The summed E-state index contributed by atoms with van der Waals surface area (Å²) in [7, 11) is 0. The average Bonchev–Trinajstić information content (AvgIpc) is 3.12. The van der Waals surface area contributed by atoms with Crippen molar-refractivity contribution in [1.82, 2.24) is 5.32 Å². The number of hydrogen-bond donors (Lipinski definition) is 3. The Morgan fingerprint density at radius 2 is 1.51 bits per heavy atom. The molecule has 0 saturated heterocycles. The lowest BCUT2D eigenvalue weighted by molar-refractivity contribution is -0.116. The molecule has 0 spiro atoms. The Morgan fingerprint density at radius 3 is 2.18 bits per heavy atom. The number of thioether (sulfide) groups is 1. The van der Waals surface area contributed by atoms with E-state index in [1.807, 2.05) is 32.9 Å². The third-order valence-corrected chi connectivity index (χ3v) is 8.54. The van der Waals surface area contributed by atoms with Crippen molar-refractivity contribution in [2.75, 3.05) is 23.8 Å². The summed E-state index contributed by atoms with van der Waals surface area (Å²) in [4.78, 5) is 52.8. The number of anilines is 2. The van der Waals surface area contributed by atoms with E-state index in [1.54, 1.807) is 97.1 Å². The van der Waals surface area contributed by atoms with Gasteiger partial charge in [-0.15, -0.1) is 11.8 Å². The summed E-state index contributed by atoms with van der Waals surface area (Å²) in [5, 5.41) is 8.13. The van der Waals surface area contributed by atoms with Gasteiger partial charge in [0.15, 0.2) is 0 Å². The Balaban J connectivity index is 1.44. The highest BCUT2D eigenvalue weighted by molar-refractivity contribution is 8.00. The fraction of sp³-hybridized carbons (Fsp3) is 0.231. The Hall–Kier alpha value is -5.35. The van der Waals surface area contributed by atoms with E-state index in [0.717, 1.165) is 17.7 Å². The van der Waals surface area contributed by atoms with Crippen LogP contribution in [-0.4, -0.2) is 42.2 Å². The highest BCUT2D eigenvalue weighted by Gasteiger charge is 2.20. The van der Waals surface area contributed by atoms with Crippen LogP contribution in [0.1, 0.15) is 66.3 Å². The van der Waals surface area contributed by atoms with Crippen LogP contribution in [0, 0.1) is 0 Å². The highest BCUT2D eigenvalue weighted by atomic mass is 32.2. The number of carbonyl (C=O) groups excluding carboxylic acids is 4. The molecule has 0 fully saturated rings. The fourth-order valence-electron chi connectivity index (χ4n) is 4.57. The number of unbranched alkanes of at least 4 members (excludes halogenated alkanes) is 1. The normalized spacial score (nSPS) is 11.6. The molecule has 3 amide bonds. The second kappa shape index (κ2) is 18.8. The minimum Gasteiger partial charge on any atom is -0.494 e. The van der Waals surface area contributed by atoms with E-state index in [1.165, 1.54) is 11.8 Å². The van der Waals surface area contributed by atoms with Crippen LogP contribution in [0.2, 0.25) is 0 Å². The molecular weight excluding hydrogens is 639 g/mol. The van der Waals surface area contributed by atoms with Crippen molar-refractivity contribution in [3.8, 4) is 5.75 Å². The molecular formula is C39H41N3O6S. The van der Waals surface area contributed by atoms with Gasteiger partial charge in [-0.3, -0.25) is 14.4 Å². The predicted molar refractivity (Wildman–Crippen MR) is 195 cm³/mol. The largest absolute Gasteiger partial charge is 0.494 e. The minimum atomic E-state index is -0.511. The molecule has 9 nitrogen and oxygen atoms in total. The van der Waals surface area contributed by atoms with E-state index in [4.69, 9.17) is 9.47 Å². The lowest BCUT2D eigenvalue weighted by Gasteiger charge is -2.16. The summed E-state index contributed by atoms with van der Waals surface area (Å²) in [6.07, 6.45) is 3.90. The Morgan fingerprint density at radius 1 is 0.776 bits per heavy atom. The van der Waals surface area contributed by atoms with Crippen LogP contribution in [0.3, 0.4) is 0 Å². The zero-order valence-electron chi connectivity index (χ0n) is 27.9. The molecule has 1 unspecified atom stereocenters. The first-order chi connectivity index (χ1) is 23.8. The number of hydrogen-bond acceptors (Lipinski definition) is 7. The quantitative estimate of drug-likeness (QED) is 0.0475. The van der Waals surface area contributed by atoms with Gasteiger partial charge in [-0.2, -0.15) is 0 Å². The van der Waals surface area contributed by atoms with E-state index < -0.39 is 23.0 Å². The maximum absolute atomic E-state index is 13.6. The van der Waals surface area contributed by atoms with Gasteiger partial charge in [0.25, 0.3) is 11.8 Å². The Bertz CT molecular complexity index is 1740. The van der Waals surface area contributed by atoms with Crippen LogP contribution in [0.5, 0.6) is 5.75 Å². The van der Waals surface area contributed by atoms with Gasteiger partial charge >= 0.3 is 5.97 Å². The molecule has 0 aliphatic heterocycles. The molecule has 0 radical (unpaired) electrons. The van der Waals surface area contributed by atoms with Crippen LogP contribution in [0.4, 0.5) is 11.4 Å². The lowest BCUT2D eigenvalue weighted by atomic mass is 10.1. The van der Waals surface area contributed by atoms with E-state index in [9.17, 15) is 19.2 Å². The molecule has 0 heterocycles. The first-order valence-electron chi connectivity index (χ1n) is 16.3. The number of ether oxygens (including phenoxy) is 2. The molecule has 0 aliphatic carbocycles. The second-order valence-corrected chi connectivity index (χ2v) is 12.2. The van der Waals surface area contributed by atoms with Crippen LogP contribution in [0.25, 0.3) is 6.08 Å². The number of nitrogens with one attached hydrogen (secondary N) is 3. The molecule has 0 aromatic heterocycles. The predicted octanol–water partition coefficient (Wildman–Crippen LogP) is 7.96. The SMILES string of the molecule is CCCCOC(=O)c1ccc(NC(=O)C(CC)Sc2cccc(NC(=O)/C(=C\c3ccc(OCC)cc3)NC(=O)c3ccccc3)c2)cc1. The zero-order chi connectivity index (χ0) is 35.0. The number of amides is 3. The number of benzene rings is 4. The minimum absolute atomic E-state index is 0.0575. The van der Waals surface area contributed by atoms with E-state index in [-0.39, 0.29) is 11.6 Å². The average molecular weight is 680 g/mol. The molecule has 1 atom stereocenters. The summed E-state index contributed by atoms with van der Waals surface area (Å²) in [6.45, 7) is 6.75. The maximum atomic E-state index is 13.6. The van der Waals surface area contributed by atoms with Crippen molar-refractivity contribution in [3.05, 3.63) is 126 Å². The molecule has 0 saturated carbocycles. The van der Waals surface area contributed by atoms with E-state index >= 15 is 0 Å². The molecule has 254 valence electrons. The fourth-order valence-corrected chi connectivity index (χ4v) is 5.59. The Labute approximate surface area is 291 Å². The Kier molecular flexibility index (Phi) is 14.0. The molecule has 3 N–H and O–H groups in total. The van der Waals surface area contributed by atoms with Crippen molar-refractivity contribution in [2.24, 2.45) is 0 Å². The lowest BCUT2D eigenvalue weighted by Crippen LogP contribution is -2.30. The molecule has 10 heteroatoms.